The van der Waals surface area contributed by atoms with Crippen LogP contribution in [0.4, 0.5) is 0 Å². The van der Waals surface area contributed by atoms with Crippen molar-refractivity contribution in [2.24, 2.45) is 5.92 Å². The normalized spacial score (nSPS) is 17.3. The molecule has 0 unspecified atom stereocenters. The summed E-state index contributed by atoms with van der Waals surface area (Å²) in [7, 11) is 2.03. The van der Waals surface area contributed by atoms with Gasteiger partial charge in [0.05, 0.1) is 11.6 Å². The van der Waals surface area contributed by atoms with Gasteiger partial charge in [-0.1, -0.05) is 12.1 Å². The molecule has 1 N–H and O–H groups in total. The molecule has 0 saturated carbocycles. The number of rotatable bonds is 5. The number of likely N-dealkylation sites (tertiary alicyclic amines) is 1. The molecule has 3 heteroatoms. The lowest BCUT2D eigenvalue weighted by Crippen LogP contribution is -2.34. The Hall–Kier alpha value is -1.37. The number of nitrogens with zero attached hydrogens (tertiary/aromatic N) is 2. The molecule has 1 saturated heterocycles. The molecule has 1 heterocycles. The lowest BCUT2D eigenvalue weighted by Gasteiger charge is -2.32. The van der Waals surface area contributed by atoms with Crippen LogP contribution in [0.3, 0.4) is 0 Å². The number of nitrogens with one attached hydrogen (secondary N) is 1. The zero-order valence-electron chi connectivity index (χ0n) is 11.7. The molecule has 1 aliphatic rings. The van der Waals surface area contributed by atoms with E-state index in [0.29, 0.717) is 0 Å². The summed E-state index contributed by atoms with van der Waals surface area (Å²) in [5.41, 5.74) is 2.06. The molecule has 102 valence electrons. The average Bonchev–Trinajstić information content (AvgIpc) is 2.47. The summed E-state index contributed by atoms with van der Waals surface area (Å²) in [6.07, 6.45) is 3.94. The van der Waals surface area contributed by atoms with Crippen LogP contribution in [-0.2, 0) is 6.54 Å². The molecule has 0 atom stereocenters. The van der Waals surface area contributed by atoms with Crippen molar-refractivity contribution < 1.29 is 0 Å². The molecule has 3 nitrogen and oxygen atoms in total. The Morgan fingerprint density at radius 2 is 1.95 bits per heavy atom. The Kier molecular flexibility index (Phi) is 5.38. The van der Waals surface area contributed by atoms with E-state index in [2.05, 4.69) is 28.4 Å². The van der Waals surface area contributed by atoms with Gasteiger partial charge in [0.2, 0.25) is 0 Å². The Bertz CT molecular complexity index is 411. The fourth-order valence-electron chi connectivity index (χ4n) is 2.72. The fraction of sp³-hybridized carbons (Fsp3) is 0.562. The van der Waals surface area contributed by atoms with E-state index in [1.807, 2.05) is 19.2 Å². The molecule has 2 rings (SSSR count). The molecule has 1 fully saturated rings. The van der Waals surface area contributed by atoms with Crippen molar-refractivity contribution in [1.82, 2.24) is 10.2 Å². The van der Waals surface area contributed by atoms with E-state index in [1.165, 1.54) is 37.9 Å². The number of benzene rings is 1. The quantitative estimate of drug-likeness (QED) is 0.880. The second-order valence-corrected chi connectivity index (χ2v) is 5.42. The molecule has 0 spiro atoms. The van der Waals surface area contributed by atoms with E-state index in [-0.39, 0.29) is 0 Å². The van der Waals surface area contributed by atoms with Gasteiger partial charge in [0.25, 0.3) is 0 Å². The van der Waals surface area contributed by atoms with Crippen LogP contribution in [0.15, 0.2) is 24.3 Å². The predicted molar refractivity (Wildman–Crippen MR) is 77.7 cm³/mol. The number of piperidine rings is 1. The van der Waals surface area contributed by atoms with Gasteiger partial charge in [-0.15, -0.1) is 0 Å². The van der Waals surface area contributed by atoms with Gasteiger partial charge in [-0.25, -0.2) is 0 Å². The highest BCUT2D eigenvalue weighted by atomic mass is 15.1. The smallest absolute Gasteiger partial charge is 0.0991 e. The molecular formula is C16H23N3. The van der Waals surface area contributed by atoms with Crippen molar-refractivity contribution in [1.29, 1.82) is 5.26 Å². The van der Waals surface area contributed by atoms with Crippen LogP contribution in [0.5, 0.6) is 0 Å². The summed E-state index contributed by atoms with van der Waals surface area (Å²) < 4.78 is 0. The summed E-state index contributed by atoms with van der Waals surface area (Å²) in [6, 6.07) is 10.1. The van der Waals surface area contributed by atoms with Crippen molar-refractivity contribution in [2.75, 3.05) is 26.7 Å². The topological polar surface area (TPSA) is 39.1 Å². The van der Waals surface area contributed by atoms with Crippen molar-refractivity contribution in [3.8, 4) is 6.07 Å². The van der Waals surface area contributed by atoms with Crippen molar-refractivity contribution >= 4 is 0 Å². The zero-order valence-corrected chi connectivity index (χ0v) is 11.7. The van der Waals surface area contributed by atoms with Crippen LogP contribution in [0.2, 0.25) is 0 Å². The molecule has 0 radical (unpaired) electrons. The third-order valence-electron chi connectivity index (χ3n) is 4.00. The third-order valence-corrected chi connectivity index (χ3v) is 4.00. The van der Waals surface area contributed by atoms with E-state index in [4.69, 9.17) is 5.26 Å². The first-order valence-electron chi connectivity index (χ1n) is 7.18. The van der Waals surface area contributed by atoms with Crippen LogP contribution in [-0.4, -0.2) is 31.6 Å². The van der Waals surface area contributed by atoms with Crippen molar-refractivity contribution in [3.05, 3.63) is 35.4 Å². The maximum absolute atomic E-state index is 8.78. The summed E-state index contributed by atoms with van der Waals surface area (Å²) in [5.74, 6) is 0.893. The third kappa shape index (κ3) is 4.34. The van der Waals surface area contributed by atoms with Crippen LogP contribution in [0.1, 0.15) is 30.4 Å². The largest absolute Gasteiger partial charge is 0.320 e. The Labute approximate surface area is 116 Å². The van der Waals surface area contributed by atoms with E-state index >= 15 is 0 Å². The highest BCUT2D eigenvalue weighted by Crippen LogP contribution is 2.21. The van der Waals surface area contributed by atoms with Crippen LogP contribution < -0.4 is 5.32 Å². The molecule has 0 amide bonds. The standard InChI is InChI=1S/C16H23N3/c1-18-9-6-14-7-10-19(11-8-14)13-16-4-2-15(12-17)3-5-16/h2-5,14,18H,6-11,13H2,1H3. The average molecular weight is 257 g/mol. The lowest BCUT2D eigenvalue weighted by atomic mass is 9.93. The predicted octanol–water partition coefficient (Wildman–Crippen LogP) is 2.38. The zero-order chi connectivity index (χ0) is 13.5. The first-order chi connectivity index (χ1) is 9.31. The first kappa shape index (κ1) is 14.0. The highest BCUT2D eigenvalue weighted by Gasteiger charge is 2.18. The molecule has 0 bridgehead atoms. The first-order valence-corrected chi connectivity index (χ1v) is 7.18. The van der Waals surface area contributed by atoms with Crippen LogP contribution in [0.25, 0.3) is 0 Å². The number of hydrogen-bond donors (Lipinski definition) is 1. The maximum atomic E-state index is 8.78. The Morgan fingerprint density at radius 3 is 2.53 bits per heavy atom. The van der Waals surface area contributed by atoms with Gasteiger partial charge < -0.3 is 5.32 Å². The second-order valence-electron chi connectivity index (χ2n) is 5.42. The number of hydrogen-bond acceptors (Lipinski definition) is 3. The molecule has 1 aliphatic heterocycles. The van der Waals surface area contributed by atoms with Gasteiger partial charge in [-0.3, -0.25) is 4.90 Å². The Morgan fingerprint density at radius 1 is 1.26 bits per heavy atom. The minimum absolute atomic E-state index is 0.745. The highest BCUT2D eigenvalue weighted by molar-refractivity contribution is 5.31. The van der Waals surface area contributed by atoms with Gasteiger partial charge in [0.1, 0.15) is 0 Å². The molecule has 19 heavy (non-hydrogen) atoms. The lowest BCUT2D eigenvalue weighted by molar-refractivity contribution is 0.172. The van der Waals surface area contributed by atoms with E-state index < -0.39 is 0 Å². The van der Waals surface area contributed by atoms with Crippen LogP contribution >= 0.6 is 0 Å². The minimum atomic E-state index is 0.745. The number of nitriles is 1. The van der Waals surface area contributed by atoms with E-state index in [9.17, 15) is 0 Å². The fourth-order valence-corrected chi connectivity index (χ4v) is 2.72. The summed E-state index contributed by atoms with van der Waals surface area (Å²) >= 11 is 0. The van der Waals surface area contributed by atoms with Gasteiger partial charge in [-0.05, 0) is 69.6 Å². The molecule has 1 aromatic rings. The second kappa shape index (κ2) is 7.28. The van der Waals surface area contributed by atoms with E-state index in [0.717, 1.165) is 24.6 Å². The van der Waals surface area contributed by atoms with Gasteiger partial charge in [0, 0.05) is 6.54 Å². The van der Waals surface area contributed by atoms with Crippen molar-refractivity contribution in [3.63, 3.8) is 0 Å². The summed E-state index contributed by atoms with van der Waals surface area (Å²) in [5, 5.41) is 12.0. The summed E-state index contributed by atoms with van der Waals surface area (Å²) in [6.45, 7) is 4.56. The molecule has 1 aromatic carbocycles. The van der Waals surface area contributed by atoms with Crippen molar-refractivity contribution in [2.45, 2.75) is 25.8 Å². The SMILES string of the molecule is CNCCC1CCN(Cc2ccc(C#N)cc2)CC1. The minimum Gasteiger partial charge on any atom is -0.320 e. The maximum Gasteiger partial charge on any atom is 0.0991 e. The molecule has 0 aliphatic carbocycles. The molecule has 0 aromatic heterocycles. The van der Waals surface area contributed by atoms with Gasteiger partial charge in [0.15, 0.2) is 0 Å². The Balaban J connectivity index is 1.77. The summed E-state index contributed by atoms with van der Waals surface area (Å²) in [4.78, 5) is 2.53. The molecular weight excluding hydrogens is 234 g/mol. The van der Waals surface area contributed by atoms with Crippen LogP contribution in [0, 0.1) is 17.2 Å². The monoisotopic (exact) mass is 257 g/mol. The van der Waals surface area contributed by atoms with Gasteiger partial charge in [-0.2, -0.15) is 5.26 Å². The van der Waals surface area contributed by atoms with E-state index in [1.54, 1.807) is 0 Å². The van der Waals surface area contributed by atoms with Gasteiger partial charge >= 0.3 is 0 Å².